The third-order valence-corrected chi connectivity index (χ3v) is 5.00. The fraction of sp³-hybridized carbons (Fsp3) is 0.417. The van der Waals surface area contributed by atoms with E-state index in [4.69, 9.17) is 0 Å². The van der Waals surface area contributed by atoms with Crippen LogP contribution in [0.4, 0.5) is 5.69 Å². The molecule has 0 radical (unpaired) electrons. The number of nitrogens with zero attached hydrogens (tertiary/aromatic N) is 1. The molecule has 20 heavy (non-hydrogen) atoms. The van der Waals surface area contributed by atoms with E-state index >= 15 is 0 Å². The van der Waals surface area contributed by atoms with Crippen LogP contribution in [-0.2, 0) is 9.84 Å². The fourth-order valence-electron chi connectivity index (χ4n) is 2.12. The highest BCUT2D eigenvalue weighted by atomic mass is 32.2. The first-order valence-corrected chi connectivity index (χ1v) is 7.87. The zero-order chi connectivity index (χ0) is 14.9. The maximum absolute atomic E-state index is 12.0. The van der Waals surface area contributed by atoms with Gasteiger partial charge in [0.2, 0.25) is 0 Å². The molecule has 1 aromatic rings. The van der Waals surface area contributed by atoms with E-state index in [0.717, 1.165) is 0 Å². The highest BCUT2D eigenvalue weighted by Gasteiger charge is 2.29. The van der Waals surface area contributed by atoms with Crippen molar-refractivity contribution < 1.29 is 18.1 Å². The lowest BCUT2D eigenvalue weighted by Gasteiger charge is -2.10. The molecule has 8 heteroatoms. The Bertz CT molecular complexity index is 668. The largest absolute Gasteiger partial charge is 0.348 e. The smallest absolute Gasteiger partial charge is 0.273 e. The Kier molecular flexibility index (Phi) is 3.76. The number of benzene rings is 1. The molecule has 0 unspecified atom stereocenters. The molecule has 1 N–H and O–H groups in total. The van der Waals surface area contributed by atoms with E-state index in [0.29, 0.717) is 12.0 Å². The van der Waals surface area contributed by atoms with Crippen molar-refractivity contribution in [2.24, 2.45) is 0 Å². The second-order valence-corrected chi connectivity index (χ2v) is 7.06. The predicted molar refractivity (Wildman–Crippen MR) is 72.4 cm³/mol. The van der Waals surface area contributed by atoms with E-state index < -0.39 is 26.7 Å². The minimum absolute atomic E-state index is 0.0615. The number of nitrogens with one attached hydrogen (secondary N) is 1. The van der Waals surface area contributed by atoms with E-state index in [1.165, 1.54) is 18.2 Å². The van der Waals surface area contributed by atoms with Crippen LogP contribution in [0.5, 0.6) is 0 Å². The summed E-state index contributed by atoms with van der Waals surface area (Å²) in [7, 11) is -3.07. The third kappa shape index (κ3) is 3.13. The summed E-state index contributed by atoms with van der Waals surface area (Å²) in [5, 5.41) is 13.4. The van der Waals surface area contributed by atoms with Crippen LogP contribution in [0.25, 0.3) is 0 Å². The van der Waals surface area contributed by atoms with Gasteiger partial charge in [-0.05, 0) is 19.4 Å². The Morgan fingerprint density at radius 2 is 2.15 bits per heavy atom. The van der Waals surface area contributed by atoms with Crippen LogP contribution in [0.2, 0.25) is 0 Å². The van der Waals surface area contributed by atoms with Crippen molar-refractivity contribution in [1.82, 2.24) is 5.32 Å². The number of nitro groups is 1. The summed E-state index contributed by atoms with van der Waals surface area (Å²) in [5.41, 5.74) is 0.498. The van der Waals surface area contributed by atoms with Crippen LogP contribution in [0, 0.1) is 17.0 Å². The van der Waals surface area contributed by atoms with Gasteiger partial charge in [-0.2, -0.15) is 0 Å². The van der Waals surface area contributed by atoms with Crippen molar-refractivity contribution in [1.29, 1.82) is 0 Å². The maximum atomic E-state index is 12.0. The third-order valence-electron chi connectivity index (χ3n) is 3.24. The molecule has 1 fully saturated rings. The molecule has 1 amide bonds. The van der Waals surface area contributed by atoms with Gasteiger partial charge in [-0.25, -0.2) is 8.42 Å². The maximum Gasteiger partial charge on any atom is 0.273 e. The number of amides is 1. The van der Waals surface area contributed by atoms with Crippen LogP contribution in [-0.4, -0.2) is 36.8 Å². The molecule has 0 aromatic heterocycles. The van der Waals surface area contributed by atoms with Crippen molar-refractivity contribution >= 4 is 21.4 Å². The van der Waals surface area contributed by atoms with Crippen molar-refractivity contribution in [3.8, 4) is 0 Å². The number of hydrogen-bond acceptors (Lipinski definition) is 5. The van der Waals surface area contributed by atoms with Gasteiger partial charge in [0, 0.05) is 23.2 Å². The molecular weight excluding hydrogens is 284 g/mol. The molecule has 0 spiro atoms. The van der Waals surface area contributed by atoms with E-state index in [9.17, 15) is 23.3 Å². The summed E-state index contributed by atoms with van der Waals surface area (Å²) in [6.07, 6.45) is 0.377. The van der Waals surface area contributed by atoms with Crippen molar-refractivity contribution in [3.05, 3.63) is 39.4 Å². The molecule has 1 saturated heterocycles. The minimum atomic E-state index is -3.07. The first kappa shape index (κ1) is 14.4. The predicted octanol–water partition coefficient (Wildman–Crippen LogP) is 0.820. The monoisotopic (exact) mass is 298 g/mol. The number of carbonyl (C=O) groups is 1. The van der Waals surface area contributed by atoms with Gasteiger partial charge in [0.1, 0.15) is 0 Å². The highest BCUT2D eigenvalue weighted by Crippen LogP contribution is 2.20. The van der Waals surface area contributed by atoms with Gasteiger partial charge in [-0.3, -0.25) is 14.9 Å². The summed E-state index contributed by atoms with van der Waals surface area (Å²) in [6, 6.07) is 3.76. The summed E-state index contributed by atoms with van der Waals surface area (Å²) < 4.78 is 22.6. The van der Waals surface area contributed by atoms with E-state index in [1.54, 1.807) is 6.92 Å². The van der Waals surface area contributed by atoms with Crippen LogP contribution in [0.1, 0.15) is 22.3 Å². The van der Waals surface area contributed by atoms with Gasteiger partial charge in [0.25, 0.3) is 11.6 Å². The van der Waals surface area contributed by atoms with Crippen LogP contribution in [0.3, 0.4) is 0 Å². The Hall–Kier alpha value is -1.96. The van der Waals surface area contributed by atoms with Crippen LogP contribution in [0.15, 0.2) is 18.2 Å². The topological polar surface area (TPSA) is 106 Å². The Balaban J connectivity index is 2.14. The quantitative estimate of drug-likeness (QED) is 0.656. The van der Waals surface area contributed by atoms with Crippen molar-refractivity contribution in [2.45, 2.75) is 19.4 Å². The Morgan fingerprint density at radius 1 is 1.45 bits per heavy atom. The molecule has 1 aliphatic heterocycles. The number of carbonyl (C=O) groups excluding carboxylic acids is 1. The zero-order valence-corrected chi connectivity index (χ0v) is 11.6. The van der Waals surface area contributed by atoms with Crippen LogP contribution < -0.4 is 5.32 Å². The normalized spacial score (nSPS) is 20.6. The second kappa shape index (κ2) is 5.20. The lowest BCUT2D eigenvalue weighted by molar-refractivity contribution is -0.385. The van der Waals surface area contributed by atoms with E-state index in [2.05, 4.69) is 5.32 Å². The molecule has 0 aliphatic carbocycles. The molecule has 0 saturated carbocycles. The highest BCUT2D eigenvalue weighted by molar-refractivity contribution is 7.91. The molecular formula is C12H14N2O5S. The lowest BCUT2D eigenvalue weighted by atomic mass is 10.1. The molecule has 2 rings (SSSR count). The van der Waals surface area contributed by atoms with Gasteiger partial charge in [0.15, 0.2) is 9.84 Å². The molecule has 1 aromatic carbocycles. The van der Waals surface area contributed by atoms with E-state index in [1.807, 2.05) is 0 Å². The van der Waals surface area contributed by atoms with Crippen molar-refractivity contribution in [3.63, 3.8) is 0 Å². The SMILES string of the molecule is Cc1ccc(C(=O)N[C@H]2CCS(=O)(=O)C2)cc1[N+](=O)[O-]. The molecule has 0 bridgehead atoms. The molecule has 1 heterocycles. The standard InChI is InChI=1S/C12H14N2O5S/c1-8-2-3-9(6-11(8)14(16)17)12(15)13-10-4-5-20(18,19)7-10/h2-3,6,10H,4-5,7H2,1H3,(H,13,15)/t10-/m0/s1. The average molecular weight is 298 g/mol. The minimum Gasteiger partial charge on any atom is -0.348 e. The first-order valence-electron chi connectivity index (χ1n) is 6.05. The molecule has 108 valence electrons. The lowest BCUT2D eigenvalue weighted by Crippen LogP contribution is -2.35. The molecule has 1 aliphatic rings. The number of sulfone groups is 1. The van der Waals surface area contributed by atoms with Crippen LogP contribution >= 0.6 is 0 Å². The zero-order valence-electron chi connectivity index (χ0n) is 10.8. The number of aryl methyl sites for hydroxylation is 1. The molecule has 1 atom stereocenters. The van der Waals surface area contributed by atoms with Gasteiger partial charge in [-0.15, -0.1) is 0 Å². The van der Waals surface area contributed by atoms with Gasteiger partial charge in [0.05, 0.1) is 16.4 Å². The Morgan fingerprint density at radius 3 is 2.70 bits per heavy atom. The number of hydrogen-bond donors (Lipinski definition) is 1. The summed E-state index contributed by atoms with van der Waals surface area (Å²) >= 11 is 0. The summed E-state index contributed by atoms with van der Waals surface area (Å²) in [6.45, 7) is 1.59. The van der Waals surface area contributed by atoms with Crippen molar-refractivity contribution in [2.75, 3.05) is 11.5 Å². The number of rotatable bonds is 3. The Labute approximate surface area is 116 Å². The van der Waals surface area contributed by atoms with Gasteiger partial charge in [-0.1, -0.05) is 6.07 Å². The average Bonchev–Trinajstić information content (AvgIpc) is 2.68. The molecule has 7 nitrogen and oxygen atoms in total. The van der Waals surface area contributed by atoms with E-state index in [-0.39, 0.29) is 22.8 Å². The summed E-state index contributed by atoms with van der Waals surface area (Å²) in [5.74, 6) is -0.506. The second-order valence-electron chi connectivity index (χ2n) is 4.83. The van der Waals surface area contributed by atoms with Gasteiger partial charge < -0.3 is 5.32 Å². The fourth-order valence-corrected chi connectivity index (χ4v) is 3.80. The number of nitro benzene ring substituents is 1. The van der Waals surface area contributed by atoms with Gasteiger partial charge >= 0.3 is 0 Å². The first-order chi connectivity index (χ1) is 9.28. The summed E-state index contributed by atoms with van der Waals surface area (Å²) in [4.78, 5) is 22.2.